The topological polar surface area (TPSA) is 70.2 Å². The molecule has 3 N–H and O–H groups in total. The quantitative estimate of drug-likeness (QED) is 0.726. The third-order valence-corrected chi connectivity index (χ3v) is 3.12. The molecule has 1 aromatic rings. The van der Waals surface area contributed by atoms with Gasteiger partial charge in [-0.05, 0) is 31.5 Å². The average molecular weight is 261 g/mol. The molecule has 0 saturated heterocycles. The zero-order chi connectivity index (χ0) is 13.8. The van der Waals surface area contributed by atoms with E-state index in [1.54, 1.807) is 19.1 Å². The van der Waals surface area contributed by atoms with Crippen LogP contribution in [0.15, 0.2) is 18.2 Å². The highest BCUT2D eigenvalue weighted by atomic mass is 16.2. The monoisotopic (exact) mass is 261 g/mol. The fourth-order valence-electron chi connectivity index (χ4n) is 1.94. The van der Waals surface area contributed by atoms with E-state index in [0.717, 1.165) is 18.5 Å². The lowest BCUT2D eigenvalue weighted by molar-refractivity contribution is -0.116. The van der Waals surface area contributed by atoms with E-state index in [4.69, 9.17) is 0 Å². The lowest BCUT2D eigenvalue weighted by Crippen LogP contribution is -2.36. The minimum absolute atomic E-state index is 0.0870. The van der Waals surface area contributed by atoms with Crippen LogP contribution in [0.5, 0.6) is 0 Å². The Morgan fingerprint density at radius 1 is 1.37 bits per heavy atom. The van der Waals surface area contributed by atoms with E-state index in [9.17, 15) is 9.59 Å². The Hall–Kier alpha value is -2.04. The number of amides is 2. The molecule has 1 aliphatic heterocycles. The maximum absolute atomic E-state index is 11.9. The molecule has 1 atom stereocenters. The molecule has 0 spiro atoms. The van der Waals surface area contributed by atoms with Crippen molar-refractivity contribution in [3.63, 3.8) is 0 Å². The number of carbonyl (C=O) groups excluding carboxylic acids is 2. The Morgan fingerprint density at radius 2 is 2.16 bits per heavy atom. The van der Waals surface area contributed by atoms with E-state index >= 15 is 0 Å². The summed E-state index contributed by atoms with van der Waals surface area (Å²) in [5.41, 5.74) is 2.06. The van der Waals surface area contributed by atoms with Crippen LogP contribution in [0.4, 0.5) is 11.4 Å². The van der Waals surface area contributed by atoms with Gasteiger partial charge in [0.25, 0.3) is 5.91 Å². The van der Waals surface area contributed by atoms with Gasteiger partial charge in [-0.25, -0.2) is 0 Å². The van der Waals surface area contributed by atoms with Crippen LogP contribution >= 0.6 is 0 Å². The second-order valence-electron chi connectivity index (χ2n) is 4.73. The highest BCUT2D eigenvalue weighted by Crippen LogP contribution is 2.27. The van der Waals surface area contributed by atoms with Crippen molar-refractivity contribution in [3.05, 3.63) is 23.8 Å². The molecule has 2 amide bonds. The predicted molar refractivity (Wildman–Crippen MR) is 75.4 cm³/mol. The van der Waals surface area contributed by atoms with Crippen LogP contribution in [0, 0.1) is 0 Å². The molecule has 1 heterocycles. The van der Waals surface area contributed by atoms with E-state index in [1.165, 1.54) is 0 Å². The molecule has 2 rings (SSSR count). The van der Waals surface area contributed by atoms with Crippen molar-refractivity contribution < 1.29 is 9.59 Å². The zero-order valence-corrected chi connectivity index (χ0v) is 11.2. The predicted octanol–water partition coefficient (Wildman–Crippen LogP) is 1.97. The van der Waals surface area contributed by atoms with E-state index in [1.807, 2.05) is 6.07 Å². The summed E-state index contributed by atoms with van der Waals surface area (Å²) >= 11 is 0. The average Bonchev–Trinajstić information content (AvgIpc) is 2.40. The van der Waals surface area contributed by atoms with Crippen LogP contribution < -0.4 is 16.0 Å². The van der Waals surface area contributed by atoms with Crippen molar-refractivity contribution in [1.82, 2.24) is 5.32 Å². The van der Waals surface area contributed by atoms with Gasteiger partial charge in [-0.1, -0.05) is 13.3 Å². The number of fused-ring (bicyclic) bond motifs is 1. The number of anilines is 2. The van der Waals surface area contributed by atoms with Gasteiger partial charge in [-0.2, -0.15) is 0 Å². The molecule has 5 heteroatoms. The van der Waals surface area contributed by atoms with Crippen LogP contribution in [0.2, 0.25) is 0 Å². The molecule has 1 aliphatic rings. The number of carbonyl (C=O) groups is 2. The third kappa shape index (κ3) is 3.05. The van der Waals surface area contributed by atoms with Crippen molar-refractivity contribution in [2.45, 2.75) is 32.7 Å². The molecule has 19 heavy (non-hydrogen) atoms. The summed E-state index contributed by atoms with van der Waals surface area (Å²) in [5.74, 6) is -0.194. The van der Waals surface area contributed by atoms with Crippen molar-refractivity contribution in [3.8, 4) is 0 Å². The second-order valence-corrected chi connectivity index (χ2v) is 4.73. The Bertz CT molecular complexity index is 499. The first kappa shape index (κ1) is 13.4. The van der Waals surface area contributed by atoms with E-state index in [2.05, 4.69) is 22.9 Å². The largest absolute Gasteiger partial charge is 0.372 e. The molecular weight excluding hydrogens is 242 g/mol. The number of rotatable bonds is 4. The lowest BCUT2D eigenvalue weighted by Gasteiger charge is -2.24. The second kappa shape index (κ2) is 5.73. The Kier molecular flexibility index (Phi) is 4.04. The van der Waals surface area contributed by atoms with Gasteiger partial charge >= 0.3 is 0 Å². The smallest absolute Gasteiger partial charge is 0.251 e. The molecule has 0 unspecified atom stereocenters. The van der Waals surface area contributed by atoms with Crippen molar-refractivity contribution in [2.75, 3.05) is 17.2 Å². The first-order chi connectivity index (χ1) is 9.11. The minimum atomic E-state index is -0.253. The summed E-state index contributed by atoms with van der Waals surface area (Å²) in [6, 6.07) is 5.03. The van der Waals surface area contributed by atoms with Gasteiger partial charge in [0.05, 0.1) is 11.4 Å². The van der Waals surface area contributed by atoms with E-state index < -0.39 is 0 Å². The number of hydrogen-bond acceptors (Lipinski definition) is 3. The van der Waals surface area contributed by atoms with E-state index in [-0.39, 0.29) is 17.9 Å². The summed E-state index contributed by atoms with van der Waals surface area (Å²) in [6.45, 7) is 4.55. The molecule has 5 nitrogen and oxygen atoms in total. The van der Waals surface area contributed by atoms with Crippen molar-refractivity contribution >= 4 is 23.2 Å². The van der Waals surface area contributed by atoms with E-state index in [0.29, 0.717) is 17.8 Å². The van der Waals surface area contributed by atoms with Crippen LogP contribution in [-0.4, -0.2) is 24.4 Å². The maximum Gasteiger partial charge on any atom is 0.251 e. The van der Waals surface area contributed by atoms with Crippen molar-refractivity contribution in [2.24, 2.45) is 0 Å². The van der Waals surface area contributed by atoms with Gasteiger partial charge in [0.15, 0.2) is 0 Å². The van der Waals surface area contributed by atoms with Gasteiger partial charge < -0.3 is 16.0 Å². The van der Waals surface area contributed by atoms with Crippen LogP contribution in [0.1, 0.15) is 37.0 Å². The molecule has 0 bridgehead atoms. The maximum atomic E-state index is 11.9. The Labute approximate surface area is 112 Å². The highest BCUT2D eigenvalue weighted by Gasteiger charge is 2.21. The third-order valence-electron chi connectivity index (χ3n) is 3.12. The SMILES string of the molecule is CCCCNC(=O)c1ccc2c(c1)NC(=O)[C@@H](C)N2. The molecule has 0 fully saturated rings. The number of benzene rings is 1. The molecule has 1 aromatic carbocycles. The van der Waals surface area contributed by atoms with Gasteiger partial charge in [0, 0.05) is 12.1 Å². The highest BCUT2D eigenvalue weighted by molar-refractivity contribution is 6.05. The molecular formula is C14H19N3O2. The van der Waals surface area contributed by atoms with Crippen LogP contribution in [0.25, 0.3) is 0 Å². The summed E-state index contributed by atoms with van der Waals surface area (Å²) in [4.78, 5) is 23.5. The van der Waals surface area contributed by atoms with Gasteiger partial charge in [-0.3, -0.25) is 9.59 Å². The zero-order valence-electron chi connectivity index (χ0n) is 11.2. The number of unbranched alkanes of at least 4 members (excludes halogenated alkanes) is 1. The molecule has 0 aromatic heterocycles. The standard InChI is InChI=1S/C14H19N3O2/c1-3-4-7-15-14(19)10-5-6-11-12(8-10)17-13(18)9(2)16-11/h5-6,8-9,16H,3-4,7H2,1-2H3,(H,15,19)(H,17,18)/t9-/m1/s1. The molecule has 0 aliphatic carbocycles. The molecule has 102 valence electrons. The first-order valence-corrected chi connectivity index (χ1v) is 6.61. The van der Waals surface area contributed by atoms with Gasteiger partial charge in [-0.15, -0.1) is 0 Å². The Morgan fingerprint density at radius 3 is 2.89 bits per heavy atom. The molecule has 0 saturated carbocycles. The summed E-state index contributed by atoms with van der Waals surface area (Å²) in [5, 5.41) is 8.73. The summed E-state index contributed by atoms with van der Waals surface area (Å²) in [6.07, 6.45) is 2.01. The van der Waals surface area contributed by atoms with Gasteiger partial charge in [0.2, 0.25) is 5.91 Å². The Balaban J connectivity index is 2.10. The van der Waals surface area contributed by atoms with Gasteiger partial charge in [0.1, 0.15) is 6.04 Å². The first-order valence-electron chi connectivity index (χ1n) is 6.61. The number of nitrogens with one attached hydrogen (secondary N) is 3. The minimum Gasteiger partial charge on any atom is -0.372 e. The van der Waals surface area contributed by atoms with Crippen molar-refractivity contribution in [1.29, 1.82) is 0 Å². The molecule has 0 radical (unpaired) electrons. The van der Waals surface area contributed by atoms with Crippen LogP contribution in [-0.2, 0) is 4.79 Å². The summed E-state index contributed by atoms with van der Waals surface area (Å²) < 4.78 is 0. The fraction of sp³-hybridized carbons (Fsp3) is 0.429. The number of hydrogen-bond donors (Lipinski definition) is 3. The fourth-order valence-corrected chi connectivity index (χ4v) is 1.94. The normalized spacial score (nSPS) is 17.2. The summed E-state index contributed by atoms with van der Waals surface area (Å²) in [7, 11) is 0. The van der Waals surface area contributed by atoms with Crippen LogP contribution in [0.3, 0.4) is 0 Å². The lowest BCUT2D eigenvalue weighted by atomic mass is 10.1.